The van der Waals surface area contributed by atoms with Crippen molar-refractivity contribution in [3.05, 3.63) is 68.1 Å². The molecule has 0 saturated carbocycles. The van der Waals surface area contributed by atoms with Crippen molar-refractivity contribution in [3.8, 4) is 0 Å². The molecule has 0 unspecified atom stereocenters. The number of carboxylic acid groups (broad SMARTS) is 1. The number of hydrogen-bond acceptors (Lipinski definition) is 1. The highest BCUT2D eigenvalue weighted by molar-refractivity contribution is 9.10. The van der Waals surface area contributed by atoms with Gasteiger partial charge in [0.05, 0.1) is 5.56 Å². The zero-order valence-electron chi connectivity index (χ0n) is 9.36. The fourth-order valence-corrected chi connectivity index (χ4v) is 2.58. The molecule has 0 fully saturated rings. The van der Waals surface area contributed by atoms with Crippen LogP contribution in [0.5, 0.6) is 0 Å². The van der Waals surface area contributed by atoms with Crippen LogP contribution in [0.25, 0.3) is 0 Å². The fourth-order valence-electron chi connectivity index (χ4n) is 1.77. The third kappa shape index (κ3) is 3.21. The summed E-state index contributed by atoms with van der Waals surface area (Å²) in [6.07, 6.45) is 0.606. The van der Waals surface area contributed by atoms with Crippen LogP contribution in [0.2, 0.25) is 0 Å². The molecule has 0 spiro atoms. The molecular weight excluding hydrogens is 360 g/mol. The summed E-state index contributed by atoms with van der Waals surface area (Å²) < 4.78 is 1.77. The molecule has 0 atom stereocenters. The topological polar surface area (TPSA) is 37.3 Å². The zero-order chi connectivity index (χ0) is 13.1. The second-order valence-electron chi connectivity index (χ2n) is 3.91. The van der Waals surface area contributed by atoms with Crippen molar-refractivity contribution in [3.63, 3.8) is 0 Å². The van der Waals surface area contributed by atoms with Gasteiger partial charge in [0.25, 0.3) is 0 Å². The minimum atomic E-state index is -0.902. The lowest BCUT2D eigenvalue weighted by Crippen LogP contribution is -2.03. The first-order valence-electron chi connectivity index (χ1n) is 5.32. The molecule has 0 aromatic heterocycles. The number of rotatable bonds is 3. The van der Waals surface area contributed by atoms with Crippen LogP contribution in [-0.2, 0) is 6.42 Å². The molecule has 2 rings (SSSR count). The zero-order valence-corrected chi connectivity index (χ0v) is 12.5. The minimum absolute atomic E-state index is 0.337. The van der Waals surface area contributed by atoms with Gasteiger partial charge in [-0.05, 0) is 41.8 Å². The molecule has 1 N–H and O–H groups in total. The second kappa shape index (κ2) is 5.67. The van der Waals surface area contributed by atoms with Crippen LogP contribution in [0, 0.1) is 0 Å². The summed E-state index contributed by atoms with van der Waals surface area (Å²) in [6.45, 7) is 0. The molecule has 0 bridgehead atoms. The highest BCUT2D eigenvalue weighted by Crippen LogP contribution is 2.21. The highest BCUT2D eigenvalue weighted by atomic mass is 79.9. The van der Waals surface area contributed by atoms with Crippen molar-refractivity contribution in [2.24, 2.45) is 0 Å². The molecule has 0 aliphatic carbocycles. The Labute approximate surface area is 122 Å². The van der Waals surface area contributed by atoms with Crippen molar-refractivity contribution in [1.82, 2.24) is 0 Å². The lowest BCUT2D eigenvalue weighted by molar-refractivity contribution is 0.0696. The summed E-state index contributed by atoms with van der Waals surface area (Å²) in [7, 11) is 0. The molecule has 0 amide bonds. The molecule has 92 valence electrons. The molecule has 0 aliphatic heterocycles. The van der Waals surface area contributed by atoms with Crippen LogP contribution in [0.3, 0.4) is 0 Å². The minimum Gasteiger partial charge on any atom is -0.478 e. The molecule has 0 heterocycles. The third-order valence-electron chi connectivity index (χ3n) is 2.59. The van der Waals surface area contributed by atoms with Crippen molar-refractivity contribution >= 4 is 37.8 Å². The van der Waals surface area contributed by atoms with Crippen LogP contribution in [0.1, 0.15) is 21.5 Å². The summed E-state index contributed by atoms with van der Waals surface area (Å²) in [5.74, 6) is -0.902. The Bertz CT molecular complexity index is 594. The van der Waals surface area contributed by atoms with Crippen LogP contribution >= 0.6 is 31.9 Å². The first-order chi connectivity index (χ1) is 8.56. The second-order valence-corrected chi connectivity index (χ2v) is 5.74. The Balaban J connectivity index is 2.37. The van der Waals surface area contributed by atoms with Crippen molar-refractivity contribution < 1.29 is 9.90 Å². The SMILES string of the molecule is O=C(O)c1cc(Br)ccc1Cc1cccc(Br)c1. The number of benzene rings is 2. The quantitative estimate of drug-likeness (QED) is 0.864. The number of carbonyl (C=O) groups is 1. The van der Waals surface area contributed by atoms with Gasteiger partial charge in [0, 0.05) is 8.95 Å². The fraction of sp³-hybridized carbons (Fsp3) is 0.0714. The summed E-state index contributed by atoms with van der Waals surface area (Å²) in [6, 6.07) is 13.2. The van der Waals surface area contributed by atoms with Crippen LogP contribution < -0.4 is 0 Å². The Morgan fingerprint density at radius 2 is 1.78 bits per heavy atom. The van der Waals surface area contributed by atoms with E-state index in [0.717, 1.165) is 20.1 Å². The summed E-state index contributed by atoms with van der Waals surface area (Å²) >= 11 is 6.70. The number of halogens is 2. The first-order valence-corrected chi connectivity index (χ1v) is 6.91. The van der Waals surface area contributed by atoms with E-state index in [2.05, 4.69) is 31.9 Å². The van der Waals surface area contributed by atoms with Gasteiger partial charge < -0.3 is 5.11 Å². The largest absolute Gasteiger partial charge is 0.478 e. The molecule has 2 aromatic carbocycles. The Morgan fingerprint density at radius 1 is 1.06 bits per heavy atom. The molecule has 4 heteroatoms. The summed E-state index contributed by atoms with van der Waals surface area (Å²) in [5.41, 5.74) is 2.22. The predicted molar refractivity (Wildman–Crippen MR) is 78.0 cm³/mol. The van der Waals surface area contributed by atoms with Crippen LogP contribution in [0.15, 0.2) is 51.4 Å². The molecule has 2 nitrogen and oxygen atoms in total. The Morgan fingerprint density at radius 3 is 2.44 bits per heavy atom. The molecule has 2 aromatic rings. The predicted octanol–water partition coefficient (Wildman–Crippen LogP) is 4.50. The highest BCUT2D eigenvalue weighted by Gasteiger charge is 2.11. The van der Waals surface area contributed by atoms with Gasteiger partial charge in [0.1, 0.15) is 0 Å². The van der Waals surface area contributed by atoms with E-state index in [1.54, 1.807) is 6.07 Å². The average Bonchev–Trinajstić information content (AvgIpc) is 2.31. The monoisotopic (exact) mass is 368 g/mol. The first kappa shape index (κ1) is 13.3. The van der Waals surface area contributed by atoms with Crippen LogP contribution in [0.4, 0.5) is 0 Å². The normalized spacial score (nSPS) is 10.3. The molecule has 18 heavy (non-hydrogen) atoms. The van der Waals surface area contributed by atoms with Gasteiger partial charge in [0.15, 0.2) is 0 Å². The number of carboxylic acids is 1. The number of aromatic carboxylic acids is 1. The molecule has 0 radical (unpaired) electrons. The molecule has 0 saturated heterocycles. The maximum Gasteiger partial charge on any atom is 0.336 e. The van der Waals surface area contributed by atoms with Crippen molar-refractivity contribution in [1.29, 1.82) is 0 Å². The van der Waals surface area contributed by atoms with E-state index in [0.29, 0.717) is 12.0 Å². The van der Waals surface area contributed by atoms with E-state index < -0.39 is 5.97 Å². The lowest BCUT2D eigenvalue weighted by atomic mass is 10.00. The summed E-state index contributed by atoms with van der Waals surface area (Å²) in [5, 5.41) is 9.19. The Hall–Kier alpha value is -1.13. The maximum atomic E-state index is 11.2. The van der Waals surface area contributed by atoms with Gasteiger partial charge in [-0.1, -0.05) is 50.1 Å². The van der Waals surface area contributed by atoms with E-state index in [9.17, 15) is 9.90 Å². The van der Waals surface area contributed by atoms with Crippen LogP contribution in [-0.4, -0.2) is 11.1 Å². The van der Waals surface area contributed by atoms with Gasteiger partial charge >= 0.3 is 5.97 Å². The lowest BCUT2D eigenvalue weighted by Gasteiger charge is -2.07. The van der Waals surface area contributed by atoms with Crippen molar-refractivity contribution in [2.75, 3.05) is 0 Å². The van der Waals surface area contributed by atoms with Gasteiger partial charge in [-0.2, -0.15) is 0 Å². The third-order valence-corrected chi connectivity index (χ3v) is 3.57. The smallest absolute Gasteiger partial charge is 0.336 e. The Kier molecular flexibility index (Phi) is 4.19. The average molecular weight is 370 g/mol. The van der Waals surface area contributed by atoms with Crippen molar-refractivity contribution in [2.45, 2.75) is 6.42 Å². The van der Waals surface area contributed by atoms with E-state index in [-0.39, 0.29) is 0 Å². The number of hydrogen-bond donors (Lipinski definition) is 1. The van der Waals surface area contributed by atoms with E-state index in [1.165, 1.54) is 0 Å². The van der Waals surface area contributed by atoms with Gasteiger partial charge in [-0.3, -0.25) is 0 Å². The molecule has 0 aliphatic rings. The van der Waals surface area contributed by atoms with Gasteiger partial charge in [-0.15, -0.1) is 0 Å². The van der Waals surface area contributed by atoms with E-state index in [4.69, 9.17) is 0 Å². The van der Waals surface area contributed by atoms with Gasteiger partial charge in [0.2, 0.25) is 0 Å². The van der Waals surface area contributed by atoms with E-state index in [1.807, 2.05) is 36.4 Å². The standard InChI is InChI=1S/C14H10Br2O2/c15-11-3-1-2-9(7-11)6-10-4-5-12(16)8-13(10)14(17)18/h1-5,7-8H,6H2,(H,17,18). The van der Waals surface area contributed by atoms with E-state index >= 15 is 0 Å². The summed E-state index contributed by atoms with van der Waals surface area (Å²) in [4.78, 5) is 11.2. The van der Waals surface area contributed by atoms with Gasteiger partial charge in [-0.25, -0.2) is 4.79 Å². The molecular formula is C14H10Br2O2. The maximum absolute atomic E-state index is 11.2.